The molecule has 2 unspecified atom stereocenters. The summed E-state index contributed by atoms with van der Waals surface area (Å²) in [4.78, 5) is 1.30. The normalized spacial score (nSPS) is 15.0. The van der Waals surface area contributed by atoms with Crippen LogP contribution >= 0.6 is 22.9 Å². The van der Waals surface area contributed by atoms with Gasteiger partial charge in [0.15, 0.2) is 0 Å². The van der Waals surface area contributed by atoms with E-state index in [-0.39, 0.29) is 6.10 Å². The molecule has 0 amide bonds. The topological polar surface area (TPSA) is 21.3 Å². The van der Waals surface area contributed by atoms with Crippen LogP contribution in [0.15, 0.2) is 12.1 Å². The molecule has 0 aliphatic rings. The Morgan fingerprint density at radius 3 is 2.69 bits per heavy atom. The van der Waals surface area contributed by atoms with E-state index >= 15 is 0 Å². The van der Waals surface area contributed by atoms with Gasteiger partial charge in [-0.25, -0.2) is 0 Å². The van der Waals surface area contributed by atoms with Crippen LogP contribution in [0.4, 0.5) is 0 Å². The highest BCUT2D eigenvalue weighted by Gasteiger charge is 2.12. The van der Waals surface area contributed by atoms with Crippen LogP contribution in [0, 0.1) is 0 Å². The minimum Gasteiger partial charge on any atom is -0.377 e. The van der Waals surface area contributed by atoms with Gasteiger partial charge in [-0.1, -0.05) is 18.5 Å². The van der Waals surface area contributed by atoms with Crippen molar-refractivity contribution in [2.75, 3.05) is 13.2 Å². The Balaban J connectivity index is 2.43. The van der Waals surface area contributed by atoms with Crippen molar-refractivity contribution in [3.05, 3.63) is 21.3 Å². The van der Waals surface area contributed by atoms with Gasteiger partial charge in [-0.3, -0.25) is 0 Å². The molecule has 0 fully saturated rings. The summed E-state index contributed by atoms with van der Waals surface area (Å²) in [5.41, 5.74) is 0. The van der Waals surface area contributed by atoms with Crippen molar-refractivity contribution in [3.8, 4) is 0 Å². The molecule has 1 N–H and O–H groups in total. The number of rotatable bonds is 7. The van der Waals surface area contributed by atoms with Crippen molar-refractivity contribution < 1.29 is 4.74 Å². The van der Waals surface area contributed by atoms with Crippen molar-refractivity contribution in [1.29, 1.82) is 0 Å². The number of hydrogen-bond donors (Lipinski definition) is 1. The quantitative estimate of drug-likeness (QED) is 0.805. The Morgan fingerprint density at radius 2 is 2.19 bits per heavy atom. The SMILES string of the molecule is CCOC(C)CNC(CC)c1ccc(Cl)s1. The molecule has 4 heteroatoms. The maximum absolute atomic E-state index is 5.94. The summed E-state index contributed by atoms with van der Waals surface area (Å²) in [5, 5.41) is 3.51. The van der Waals surface area contributed by atoms with Crippen LogP contribution in [0.2, 0.25) is 4.34 Å². The van der Waals surface area contributed by atoms with Crippen LogP contribution in [-0.2, 0) is 4.74 Å². The Morgan fingerprint density at radius 1 is 1.44 bits per heavy atom. The second-order valence-electron chi connectivity index (χ2n) is 3.78. The summed E-state index contributed by atoms with van der Waals surface area (Å²) in [7, 11) is 0. The van der Waals surface area contributed by atoms with Gasteiger partial charge in [0.2, 0.25) is 0 Å². The van der Waals surface area contributed by atoms with E-state index in [1.807, 2.05) is 13.0 Å². The van der Waals surface area contributed by atoms with Gasteiger partial charge in [-0.2, -0.15) is 0 Å². The first-order valence-electron chi connectivity index (χ1n) is 5.77. The molecule has 0 aliphatic heterocycles. The van der Waals surface area contributed by atoms with Crippen molar-refractivity contribution in [2.24, 2.45) is 0 Å². The summed E-state index contributed by atoms with van der Waals surface area (Å²) in [6, 6.07) is 4.44. The minimum atomic E-state index is 0.259. The highest BCUT2D eigenvalue weighted by atomic mass is 35.5. The fraction of sp³-hybridized carbons (Fsp3) is 0.667. The molecule has 0 spiro atoms. The molecule has 0 radical (unpaired) electrons. The number of thiophene rings is 1. The Hall–Kier alpha value is -0.0900. The predicted octanol–water partition coefficient (Wildman–Crippen LogP) is 3.87. The first-order chi connectivity index (χ1) is 7.67. The molecular weight excluding hydrogens is 242 g/mol. The minimum absolute atomic E-state index is 0.259. The molecule has 0 aliphatic carbocycles. The van der Waals surface area contributed by atoms with Gasteiger partial charge >= 0.3 is 0 Å². The van der Waals surface area contributed by atoms with Gasteiger partial charge in [0.05, 0.1) is 10.4 Å². The maximum atomic E-state index is 5.94. The van der Waals surface area contributed by atoms with E-state index in [1.54, 1.807) is 11.3 Å². The molecule has 92 valence electrons. The van der Waals surface area contributed by atoms with E-state index in [2.05, 4.69) is 25.2 Å². The van der Waals surface area contributed by atoms with Crippen molar-refractivity contribution in [2.45, 2.75) is 39.3 Å². The van der Waals surface area contributed by atoms with E-state index in [4.69, 9.17) is 16.3 Å². The molecule has 2 atom stereocenters. The molecule has 0 saturated carbocycles. The fourth-order valence-corrected chi connectivity index (χ4v) is 2.83. The second-order valence-corrected chi connectivity index (χ2v) is 5.52. The zero-order chi connectivity index (χ0) is 12.0. The average molecular weight is 262 g/mol. The van der Waals surface area contributed by atoms with Gasteiger partial charge in [0, 0.05) is 24.1 Å². The van der Waals surface area contributed by atoms with Crippen LogP contribution in [0.5, 0.6) is 0 Å². The maximum Gasteiger partial charge on any atom is 0.0931 e. The second kappa shape index (κ2) is 7.28. The first kappa shape index (κ1) is 14.0. The number of nitrogens with one attached hydrogen (secondary N) is 1. The third kappa shape index (κ3) is 4.42. The largest absolute Gasteiger partial charge is 0.377 e. The zero-order valence-corrected chi connectivity index (χ0v) is 11.7. The summed E-state index contributed by atoms with van der Waals surface area (Å²) in [5.74, 6) is 0. The Labute approximate surface area is 107 Å². The number of ether oxygens (including phenoxy) is 1. The standard InChI is InChI=1S/C12H20ClNOS/c1-4-10(11-6-7-12(13)16-11)14-8-9(3)15-5-2/h6-7,9-10,14H,4-5,8H2,1-3H3. The molecule has 1 aromatic heterocycles. The summed E-state index contributed by atoms with van der Waals surface area (Å²) < 4.78 is 6.35. The molecule has 0 saturated heterocycles. The number of halogens is 1. The smallest absolute Gasteiger partial charge is 0.0931 e. The predicted molar refractivity (Wildman–Crippen MR) is 71.5 cm³/mol. The lowest BCUT2D eigenvalue weighted by atomic mass is 10.2. The van der Waals surface area contributed by atoms with Gasteiger partial charge in [-0.05, 0) is 32.4 Å². The van der Waals surface area contributed by atoms with E-state index in [0.717, 1.165) is 23.9 Å². The van der Waals surface area contributed by atoms with Crippen molar-refractivity contribution in [1.82, 2.24) is 5.32 Å². The summed E-state index contributed by atoms with van der Waals surface area (Å²) in [6.45, 7) is 7.93. The monoisotopic (exact) mass is 261 g/mol. The van der Waals surface area contributed by atoms with E-state index in [9.17, 15) is 0 Å². The molecule has 0 bridgehead atoms. The van der Waals surface area contributed by atoms with E-state index in [1.165, 1.54) is 4.88 Å². The first-order valence-corrected chi connectivity index (χ1v) is 6.97. The van der Waals surface area contributed by atoms with Crippen LogP contribution in [0.25, 0.3) is 0 Å². The highest BCUT2D eigenvalue weighted by Crippen LogP contribution is 2.28. The zero-order valence-electron chi connectivity index (χ0n) is 10.1. The van der Waals surface area contributed by atoms with E-state index < -0.39 is 0 Å². The van der Waals surface area contributed by atoms with Crippen molar-refractivity contribution in [3.63, 3.8) is 0 Å². The van der Waals surface area contributed by atoms with Crippen LogP contribution in [-0.4, -0.2) is 19.3 Å². The van der Waals surface area contributed by atoms with Gasteiger partial charge < -0.3 is 10.1 Å². The molecule has 1 rings (SSSR count). The van der Waals surface area contributed by atoms with Gasteiger partial charge in [0.25, 0.3) is 0 Å². The average Bonchev–Trinajstić information content (AvgIpc) is 2.66. The molecule has 2 nitrogen and oxygen atoms in total. The third-order valence-electron chi connectivity index (χ3n) is 2.45. The van der Waals surface area contributed by atoms with Crippen LogP contribution in [0.3, 0.4) is 0 Å². The highest BCUT2D eigenvalue weighted by molar-refractivity contribution is 7.16. The fourth-order valence-electron chi connectivity index (χ4n) is 1.61. The molecular formula is C12H20ClNOS. The molecule has 16 heavy (non-hydrogen) atoms. The van der Waals surface area contributed by atoms with Gasteiger partial charge in [-0.15, -0.1) is 11.3 Å². The lowest BCUT2D eigenvalue weighted by Crippen LogP contribution is -2.29. The lowest BCUT2D eigenvalue weighted by molar-refractivity contribution is 0.0739. The lowest BCUT2D eigenvalue weighted by Gasteiger charge is -2.19. The molecule has 1 aromatic rings. The van der Waals surface area contributed by atoms with Gasteiger partial charge in [0.1, 0.15) is 0 Å². The number of hydrogen-bond acceptors (Lipinski definition) is 3. The summed E-state index contributed by atoms with van der Waals surface area (Å²) >= 11 is 7.59. The third-order valence-corrected chi connectivity index (χ3v) is 3.79. The van der Waals surface area contributed by atoms with Crippen LogP contribution < -0.4 is 5.32 Å². The Kier molecular flexibility index (Phi) is 6.36. The van der Waals surface area contributed by atoms with E-state index in [0.29, 0.717) is 6.04 Å². The molecule has 0 aromatic carbocycles. The summed E-state index contributed by atoms with van der Waals surface area (Å²) in [6.07, 6.45) is 1.32. The Bertz CT molecular complexity index is 303. The van der Waals surface area contributed by atoms with Crippen LogP contribution in [0.1, 0.15) is 38.1 Å². The van der Waals surface area contributed by atoms with Crippen molar-refractivity contribution >= 4 is 22.9 Å². The molecule has 1 heterocycles.